The molecule has 3 amide bonds. The summed E-state index contributed by atoms with van der Waals surface area (Å²) >= 11 is 0. The van der Waals surface area contributed by atoms with Crippen LogP contribution in [0.4, 0.5) is 10.5 Å². The topological polar surface area (TPSA) is 118 Å². The van der Waals surface area contributed by atoms with Crippen LogP contribution in [0.25, 0.3) is 0 Å². The zero-order valence-electron chi connectivity index (χ0n) is 17.6. The first-order valence-corrected chi connectivity index (χ1v) is 11.1. The highest BCUT2D eigenvalue weighted by atomic mass is 16.7. The average molecular weight is 434 g/mol. The third kappa shape index (κ3) is 5.59. The van der Waals surface area contributed by atoms with E-state index in [1.165, 1.54) is 0 Å². The minimum Gasteiger partial charge on any atom is -0.454 e. The molecule has 9 heteroatoms. The van der Waals surface area contributed by atoms with Crippen LogP contribution in [0.15, 0.2) is 18.2 Å². The Morgan fingerprint density at radius 1 is 1.06 bits per heavy atom. The van der Waals surface area contributed by atoms with Gasteiger partial charge in [0.05, 0.1) is 18.8 Å². The van der Waals surface area contributed by atoms with Gasteiger partial charge in [-0.15, -0.1) is 0 Å². The van der Waals surface area contributed by atoms with Crippen LogP contribution >= 0.6 is 0 Å². The molecule has 1 aliphatic carbocycles. The van der Waals surface area contributed by atoms with Crippen LogP contribution in [0.2, 0.25) is 0 Å². The van der Waals surface area contributed by atoms with Crippen LogP contribution < -0.4 is 25.4 Å². The summed E-state index contributed by atoms with van der Waals surface area (Å²) in [6.45, 7) is 0.564. The Labute approximate surface area is 181 Å². The standard InChI is InChI=1S/C22H31N3O6/c26-12-20-17(25-22(28)24-15-5-8-18-19(11-15)30-13-29-18)7-6-16(31-20)9-10-23-21(27)14-3-1-2-4-14/h5,8,11,14,16-17,20,26H,1-4,6-7,9-10,12-13H2,(H,23,27)(H2,24,25,28)/t16-,17-,20+/m1/s1. The van der Waals surface area contributed by atoms with Crippen molar-refractivity contribution in [1.29, 1.82) is 0 Å². The number of nitrogens with one attached hydrogen (secondary N) is 3. The Hall–Kier alpha value is -2.52. The van der Waals surface area contributed by atoms with Crippen LogP contribution in [-0.2, 0) is 9.53 Å². The van der Waals surface area contributed by atoms with Crippen molar-refractivity contribution in [3.05, 3.63) is 18.2 Å². The van der Waals surface area contributed by atoms with Crippen LogP contribution in [0.3, 0.4) is 0 Å². The first-order chi connectivity index (χ1) is 15.1. The molecule has 1 aromatic rings. The summed E-state index contributed by atoms with van der Waals surface area (Å²) in [6.07, 6.45) is 5.87. The molecule has 0 spiro atoms. The maximum Gasteiger partial charge on any atom is 0.319 e. The van der Waals surface area contributed by atoms with Crippen molar-refractivity contribution in [2.45, 2.75) is 63.2 Å². The Balaban J connectivity index is 1.20. The molecule has 3 aliphatic rings. The van der Waals surface area contributed by atoms with Crippen molar-refractivity contribution in [3.8, 4) is 11.5 Å². The van der Waals surface area contributed by atoms with E-state index in [1.54, 1.807) is 18.2 Å². The lowest BCUT2D eigenvalue weighted by molar-refractivity contribution is -0.125. The van der Waals surface area contributed by atoms with Crippen LogP contribution in [0.5, 0.6) is 11.5 Å². The molecule has 2 heterocycles. The zero-order valence-corrected chi connectivity index (χ0v) is 17.6. The lowest BCUT2D eigenvalue weighted by Crippen LogP contribution is -2.52. The van der Waals surface area contributed by atoms with Gasteiger partial charge in [0.1, 0.15) is 6.10 Å². The van der Waals surface area contributed by atoms with Gasteiger partial charge in [0.15, 0.2) is 11.5 Å². The smallest absolute Gasteiger partial charge is 0.319 e. The predicted molar refractivity (Wildman–Crippen MR) is 113 cm³/mol. The average Bonchev–Trinajstić information content (AvgIpc) is 3.46. The van der Waals surface area contributed by atoms with E-state index in [4.69, 9.17) is 14.2 Å². The monoisotopic (exact) mass is 433 g/mol. The van der Waals surface area contributed by atoms with Gasteiger partial charge in [0.2, 0.25) is 12.7 Å². The molecule has 3 atom stereocenters. The minimum atomic E-state index is -0.480. The van der Waals surface area contributed by atoms with Gasteiger partial charge in [0, 0.05) is 24.2 Å². The molecule has 4 N–H and O–H groups in total. The van der Waals surface area contributed by atoms with E-state index in [9.17, 15) is 14.7 Å². The molecule has 170 valence electrons. The zero-order chi connectivity index (χ0) is 21.6. The van der Waals surface area contributed by atoms with E-state index < -0.39 is 6.10 Å². The lowest BCUT2D eigenvalue weighted by Gasteiger charge is -2.36. The van der Waals surface area contributed by atoms with E-state index in [2.05, 4.69) is 16.0 Å². The van der Waals surface area contributed by atoms with Gasteiger partial charge in [-0.05, 0) is 44.2 Å². The Morgan fingerprint density at radius 3 is 2.68 bits per heavy atom. The Morgan fingerprint density at radius 2 is 1.87 bits per heavy atom. The number of ether oxygens (including phenoxy) is 3. The van der Waals surface area contributed by atoms with Crippen LogP contribution in [0.1, 0.15) is 44.9 Å². The van der Waals surface area contributed by atoms with E-state index in [-0.39, 0.29) is 43.4 Å². The number of amides is 3. The summed E-state index contributed by atoms with van der Waals surface area (Å²) < 4.78 is 16.6. The third-order valence-electron chi connectivity index (χ3n) is 6.23. The van der Waals surface area contributed by atoms with Crippen LogP contribution in [0, 0.1) is 5.92 Å². The molecule has 31 heavy (non-hydrogen) atoms. The summed E-state index contributed by atoms with van der Waals surface area (Å²) in [6, 6.07) is 4.54. The van der Waals surface area contributed by atoms with Gasteiger partial charge < -0.3 is 35.3 Å². The highest BCUT2D eigenvalue weighted by Gasteiger charge is 2.32. The highest BCUT2D eigenvalue weighted by Crippen LogP contribution is 2.34. The maximum atomic E-state index is 12.4. The van der Waals surface area contributed by atoms with Crippen molar-refractivity contribution in [1.82, 2.24) is 10.6 Å². The number of aliphatic hydroxyl groups excluding tert-OH is 1. The molecule has 4 rings (SSSR count). The minimum absolute atomic E-state index is 0.0454. The van der Waals surface area contributed by atoms with E-state index in [0.29, 0.717) is 36.6 Å². The highest BCUT2D eigenvalue weighted by molar-refractivity contribution is 5.90. The molecule has 1 saturated heterocycles. The second kappa shape index (κ2) is 10.2. The number of rotatable bonds is 7. The Bertz CT molecular complexity index is 783. The molecular weight excluding hydrogens is 402 g/mol. The third-order valence-corrected chi connectivity index (χ3v) is 6.23. The first kappa shape index (κ1) is 21.7. The molecule has 9 nitrogen and oxygen atoms in total. The number of benzene rings is 1. The van der Waals surface area contributed by atoms with Crippen molar-refractivity contribution in [2.75, 3.05) is 25.3 Å². The van der Waals surface area contributed by atoms with Gasteiger partial charge in [-0.1, -0.05) is 12.8 Å². The molecule has 0 bridgehead atoms. The summed E-state index contributed by atoms with van der Waals surface area (Å²) in [5, 5.41) is 18.4. The quantitative estimate of drug-likeness (QED) is 0.523. The number of urea groups is 1. The number of aliphatic hydroxyl groups is 1. The van der Waals surface area contributed by atoms with Crippen LogP contribution in [-0.4, -0.2) is 55.2 Å². The normalized spacial score (nSPS) is 25.3. The van der Waals surface area contributed by atoms with Gasteiger partial charge in [0.25, 0.3) is 0 Å². The summed E-state index contributed by atoms with van der Waals surface area (Å²) in [7, 11) is 0. The number of anilines is 1. The molecule has 2 aliphatic heterocycles. The predicted octanol–water partition coefficient (Wildman–Crippen LogP) is 2.14. The fraction of sp³-hybridized carbons (Fsp3) is 0.636. The molecule has 0 aromatic heterocycles. The van der Waals surface area contributed by atoms with E-state index in [0.717, 1.165) is 32.1 Å². The summed E-state index contributed by atoms with van der Waals surface area (Å²) in [4.78, 5) is 24.5. The van der Waals surface area contributed by atoms with Crippen molar-refractivity contribution in [2.24, 2.45) is 5.92 Å². The number of fused-ring (bicyclic) bond motifs is 1. The number of hydrogen-bond donors (Lipinski definition) is 4. The molecular formula is C22H31N3O6. The summed E-state index contributed by atoms with van der Waals surface area (Å²) in [5.74, 6) is 1.55. The molecule has 0 radical (unpaired) electrons. The van der Waals surface area contributed by atoms with Crippen molar-refractivity contribution < 1.29 is 28.9 Å². The lowest BCUT2D eigenvalue weighted by atomic mass is 9.97. The molecule has 1 saturated carbocycles. The first-order valence-electron chi connectivity index (χ1n) is 11.1. The number of hydrogen-bond acceptors (Lipinski definition) is 6. The number of carbonyl (C=O) groups excluding carboxylic acids is 2. The van der Waals surface area contributed by atoms with Gasteiger partial charge in [-0.25, -0.2) is 4.79 Å². The second-order valence-corrected chi connectivity index (χ2v) is 8.39. The molecule has 2 fully saturated rings. The van der Waals surface area contributed by atoms with E-state index in [1.807, 2.05) is 0 Å². The van der Waals surface area contributed by atoms with Gasteiger partial charge in [-0.3, -0.25) is 4.79 Å². The van der Waals surface area contributed by atoms with Gasteiger partial charge >= 0.3 is 6.03 Å². The molecule has 1 aromatic carbocycles. The Kier molecular flexibility index (Phi) is 7.14. The molecule has 0 unspecified atom stereocenters. The van der Waals surface area contributed by atoms with E-state index >= 15 is 0 Å². The summed E-state index contributed by atoms with van der Waals surface area (Å²) in [5.41, 5.74) is 0.593. The second-order valence-electron chi connectivity index (χ2n) is 8.39. The van der Waals surface area contributed by atoms with Crippen molar-refractivity contribution in [3.63, 3.8) is 0 Å². The van der Waals surface area contributed by atoms with Gasteiger partial charge in [-0.2, -0.15) is 0 Å². The largest absolute Gasteiger partial charge is 0.454 e. The number of carbonyl (C=O) groups is 2. The maximum absolute atomic E-state index is 12.4. The van der Waals surface area contributed by atoms with Crippen molar-refractivity contribution >= 4 is 17.6 Å². The fourth-order valence-electron chi connectivity index (χ4n) is 4.51. The fourth-order valence-corrected chi connectivity index (χ4v) is 4.51. The SMILES string of the molecule is O=C(Nc1ccc2c(c1)OCO2)N[C@@H]1CC[C@H](CCNC(=O)C2CCCC2)O[C@H]1CO.